The SMILES string of the molecule is c1ccc2c(c1)ccc1c2c2cc3c(cc2n1-c1cc2c4nc5ccccc5nc4n4c5ccc6ccccc6c5c(c1)c24)sc1ccccc13. The van der Waals surface area contributed by atoms with Gasteiger partial charge in [-0.25, -0.2) is 9.97 Å². The van der Waals surface area contributed by atoms with Gasteiger partial charge in [0.05, 0.1) is 33.1 Å². The van der Waals surface area contributed by atoms with Crippen molar-refractivity contribution in [2.45, 2.75) is 0 Å². The van der Waals surface area contributed by atoms with Gasteiger partial charge in [0, 0.05) is 52.8 Å². The van der Waals surface area contributed by atoms with Crippen molar-refractivity contribution in [2.75, 3.05) is 0 Å². The fourth-order valence-corrected chi connectivity index (χ4v) is 10.2. The molecule has 0 radical (unpaired) electrons. The third-order valence-corrected chi connectivity index (χ3v) is 12.3. The Morgan fingerprint density at radius 2 is 1.08 bits per heavy atom. The quantitative estimate of drug-likeness (QED) is 0.175. The van der Waals surface area contributed by atoms with Crippen LogP contribution in [0.25, 0.3) is 119 Å². The van der Waals surface area contributed by atoms with Crippen LogP contribution in [-0.4, -0.2) is 18.9 Å². The van der Waals surface area contributed by atoms with E-state index in [0.29, 0.717) is 0 Å². The van der Waals surface area contributed by atoms with Crippen LogP contribution in [0.3, 0.4) is 0 Å². The van der Waals surface area contributed by atoms with Gasteiger partial charge in [-0.1, -0.05) is 91.0 Å². The largest absolute Gasteiger partial charge is 0.309 e. The molecule has 0 fully saturated rings. The van der Waals surface area contributed by atoms with Crippen LogP contribution in [0.1, 0.15) is 0 Å². The summed E-state index contributed by atoms with van der Waals surface area (Å²) in [5, 5.41) is 13.8. The van der Waals surface area contributed by atoms with E-state index in [-0.39, 0.29) is 0 Å². The Hall–Kier alpha value is -6.56. The summed E-state index contributed by atoms with van der Waals surface area (Å²) in [5.41, 5.74) is 9.52. The molecule has 8 aromatic carbocycles. The summed E-state index contributed by atoms with van der Waals surface area (Å²) < 4.78 is 7.47. The van der Waals surface area contributed by atoms with Crippen LogP contribution < -0.4 is 0 Å². The number of rotatable bonds is 1. The van der Waals surface area contributed by atoms with Crippen LogP contribution in [0.5, 0.6) is 0 Å². The Morgan fingerprint density at radius 3 is 1.88 bits per heavy atom. The Balaban J connectivity index is 1.27. The fraction of sp³-hybridized carbons (Fsp3) is 0. The smallest absolute Gasteiger partial charge is 0.165 e. The lowest BCUT2D eigenvalue weighted by molar-refractivity contribution is 1.19. The van der Waals surface area contributed by atoms with Gasteiger partial charge in [-0.2, -0.15) is 0 Å². The first-order valence-corrected chi connectivity index (χ1v) is 18.2. The highest BCUT2D eigenvalue weighted by Crippen LogP contribution is 2.46. The van der Waals surface area contributed by atoms with E-state index in [1.54, 1.807) is 0 Å². The van der Waals surface area contributed by atoms with Crippen molar-refractivity contribution >= 4 is 124 Å². The molecule has 0 unspecified atom stereocenters. The van der Waals surface area contributed by atoms with E-state index < -0.39 is 0 Å². The minimum atomic E-state index is 0.899. The maximum Gasteiger partial charge on any atom is 0.165 e. The molecule has 234 valence electrons. The predicted molar refractivity (Wildman–Crippen MR) is 216 cm³/mol. The van der Waals surface area contributed by atoms with Crippen molar-refractivity contribution in [1.29, 1.82) is 0 Å². The van der Waals surface area contributed by atoms with Gasteiger partial charge in [0.15, 0.2) is 5.65 Å². The standard InChI is InChI=1S/C46H24N4S/c1-3-11-28-25(9-1)17-19-37-42(28)32-23-31-30-13-5-8-16-40(30)51-41(31)24-39(32)49(37)27-21-33-43-29-12-4-2-10-26(29)18-20-38(43)50-45(33)34(22-27)44-46(50)48-36-15-7-6-14-35(36)47-44/h1-24H. The second-order valence-corrected chi connectivity index (χ2v) is 14.9. The molecule has 5 heterocycles. The molecular weight excluding hydrogens is 641 g/mol. The van der Waals surface area contributed by atoms with Crippen molar-refractivity contribution in [3.63, 3.8) is 0 Å². The zero-order chi connectivity index (χ0) is 32.9. The highest BCUT2D eigenvalue weighted by Gasteiger charge is 2.24. The molecule has 13 aromatic rings. The molecule has 5 heteroatoms. The number of nitrogens with zero attached hydrogens (tertiary/aromatic N) is 4. The van der Waals surface area contributed by atoms with Gasteiger partial charge >= 0.3 is 0 Å². The number of thiophene rings is 1. The molecule has 5 aromatic heterocycles. The maximum atomic E-state index is 5.30. The number of fused-ring (bicyclic) bond motifs is 17. The highest BCUT2D eigenvalue weighted by atomic mass is 32.1. The molecule has 0 N–H and O–H groups in total. The van der Waals surface area contributed by atoms with E-state index in [1.165, 1.54) is 79.8 Å². The number of hydrogen-bond donors (Lipinski definition) is 0. The Labute approximate surface area is 293 Å². The maximum absolute atomic E-state index is 5.30. The van der Waals surface area contributed by atoms with E-state index in [9.17, 15) is 0 Å². The van der Waals surface area contributed by atoms with E-state index in [0.717, 1.165) is 38.8 Å². The lowest BCUT2D eigenvalue weighted by Crippen LogP contribution is -1.94. The van der Waals surface area contributed by atoms with Gasteiger partial charge in [-0.15, -0.1) is 11.3 Å². The number of benzene rings is 8. The second kappa shape index (κ2) is 9.16. The Bertz CT molecular complexity index is 3650. The summed E-state index contributed by atoms with van der Waals surface area (Å²) in [7, 11) is 0. The zero-order valence-corrected chi connectivity index (χ0v) is 27.9. The zero-order valence-electron chi connectivity index (χ0n) is 27.1. The van der Waals surface area contributed by atoms with Crippen LogP contribution in [-0.2, 0) is 0 Å². The van der Waals surface area contributed by atoms with Crippen LogP contribution >= 0.6 is 11.3 Å². The molecule has 0 saturated heterocycles. The van der Waals surface area contributed by atoms with Crippen LogP contribution in [0.2, 0.25) is 0 Å². The van der Waals surface area contributed by atoms with E-state index in [4.69, 9.17) is 9.97 Å². The topological polar surface area (TPSA) is 35.1 Å². The average Bonchev–Trinajstić information content (AvgIpc) is 3.91. The Kier molecular flexibility index (Phi) is 4.73. The van der Waals surface area contributed by atoms with E-state index in [2.05, 4.69) is 142 Å². The minimum Gasteiger partial charge on any atom is -0.309 e. The third-order valence-electron chi connectivity index (χ3n) is 11.2. The van der Waals surface area contributed by atoms with Gasteiger partial charge in [0.2, 0.25) is 0 Å². The van der Waals surface area contributed by atoms with Crippen LogP contribution in [0.15, 0.2) is 146 Å². The monoisotopic (exact) mass is 664 g/mol. The molecule has 0 spiro atoms. The van der Waals surface area contributed by atoms with Crippen molar-refractivity contribution in [3.05, 3.63) is 146 Å². The fourth-order valence-electron chi connectivity index (χ4n) is 9.04. The molecule has 4 nitrogen and oxygen atoms in total. The second-order valence-electron chi connectivity index (χ2n) is 13.8. The summed E-state index contributed by atoms with van der Waals surface area (Å²) in [4.78, 5) is 10.6. The number of aromatic nitrogens is 4. The number of hydrogen-bond acceptors (Lipinski definition) is 3. The molecular formula is C46H24N4S. The molecule has 0 aliphatic rings. The molecule has 13 rings (SSSR count). The van der Waals surface area contributed by atoms with Gasteiger partial charge < -0.3 is 4.57 Å². The summed E-state index contributed by atoms with van der Waals surface area (Å²) >= 11 is 1.87. The Morgan fingerprint density at radius 1 is 0.431 bits per heavy atom. The van der Waals surface area contributed by atoms with E-state index >= 15 is 0 Å². The molecule has 0 amide bonds. The first kappa shape index (κ1) is 26.3. The number of para-hydroxylation sites is 2. The summed E-state index contributed by atoms with van der Waals surface area (Å²) in [6.45, 7) is 0. The van der Waals surface area contributed by atoms with Gasteiger partial charge in [0.1, 0.15) is 5.52 Å². The third kappa shape index (κ3) is 3.25. The van der Waals surface area contributed by atoms with Crippen LogP contribution in [0, 0.1) is 0 Å². The lowest BCUT2D eigenvalue weighted by Gasteiger charge is -2.10. The molecule has 0 saturated carbocycles. The van der Waals surface area contributed by atoms with Gasteiger partial charge in [0.25, 0.3) is 0 Å². The van der Waals surface area contributed by atoms with Gasteiger partial charge in [-0.3, -0.25) is 4.40 Å². The average molecular weight is 665 g/mol. The molecule has 51 heavy (non-hydrogen) atoms. The van der Waals surface area contributed by atoms with Gasteiger partial charge in [-0.05, 0) is 76.1 Å². The van der Waals surface area contributed by atoms with Crippen molar-refractivity contribution in [2.24, 2.45) is 0 Å². The first-order valence-electron chi connectivity index (χ1n) is 17.3. The van der Waals surface area contributed by atoms with E-state index in [1.807, 2.05) is 23.5 Å². The lowest BCUT2D eigenvalue weighted by atomic mass is 10.0. The van der Waals surface area contributed by atoms with Crippen molar-refractivity contribution in [1.82, 2.24) is 18.9 Å². The molecule has 0 atom stereocenters. The first-order chi connectivity index (χ1) is 25.3. The molecule has 0 aliphatic heterocycles. The van der Waals surface area contributed by atoms with Crippen LogP contribution in [0.4, 0.5) is 0 Å². The summed E-state index contributed by atoms with van der Waals surface area (Å²) in [6, 6.07) is 53.3. The highest BCUT2D eigenvalue weighted by molar-refractivity contribution is 7.25. The van der Waals surface area contributed by atoms with Crippen molar-refractivity contribution < 1.29 is 0 Å². The van der Waals surface area contributed by atoms with Crippen molar-refractivity contribution in [3.8, 4) is 5.69 Å². The summed E-state index contributed by atoms with van der Waals surface area (Å²) in [6.07, 6.45) is 0. The normalized spacial score (nSPS) is 12.7. The summed E-state index contributed by atoms with van der Waals surface area (Å²) in [5.74, 6) is 0. The predicted octanol–water partition coefficient (Wildman–Crippen LogP) is 12.6. The molecule has 0 aliphatic carbocycles. The molecule has 0 bridgehead atoms. The minimum absolute atomic E-state index is 0.899.